The molecule has 5 heteroatoms. The molecule has 1 aliphatic rings. The van der Waals surface area contributed by atoms with Crippen LogP contribution in [0, 0.1) is 0 Å². The second-order valence-corrected chi connectivity index (χ2v) is 9.07. The molecule has 1 unspecified atom stereocenters. The van der Waals surface area contributed by atoms with Crippen molar-refractivity contribution >= 4 is 24.9 Å². The largest absolute Gasteiger partial charge is 0.633 e. The second kappa shape index (κ2) is 8.38. The molecular weight excluding hydrogens is 381 g/mol. The van der Waals surface area contributed by atoms with Crippen molar-refractivity contribution in [3.63, 3.8) is 0 Å². The zero-order chi connectivity index (χ0) is 20.3. The number of benzene rings is 3. The van der Waals surface area contributed by atoms with Crippen LogP contribution < -0.4 is 14.9 Å². The van der Waals surface area contributed by atoms with Gasteiger partial charge in [0.1, 0.15) is 5.75 Å². The summed E-state index contributed by atoms with van der Waals surface area (Å²) < 4.78 is 13.3. The Hall–Kier alpha value is -2.65. The maximum absolute atomic E-state index is 14.5. The molecule has 4 nitrogen and oxygen atoms in total. The van der Waals surface area contributed by atoms with E-state index in [0.29, 0.717) is 24.2 Å². The summed E-state index contributed by atoms with van der Waals surface area (Å²) in [5.74, 6) is 0.667. The highest BCUT2D eigenvalue weighted by Crippen LogP contribution is 2.61. The topological polar surface area (TPSA) is 44.8 Å². The first kappa shape index (κ1) is 19.7. The van der Waals surface area contributed by atoms with Gasteiger partial charge in [0.15, 0.2) is 5.30 Å². The molecule has 4 rings (SSSR count). The standard InChI is InChI=1S/C24H24NO3P/c1-3-28-29(26)24-17-22(27-2)15-14-21(24)16-23(20-12-8-5-9-13-20)25(29)18-19-10-6-4-7-11-19/h4-17H,3,18H2,1-2H3. The summed E-state index contributed by atoms with van der Waals surface area (Å²) in [4.78, 5) is 14.5. The lowest BCUT2D eigenvalue weighted by molar-refractivity contribution is -0.199. The lowest BCUT2D eigenvalue weighted by atomic mass is 10.1. The third-order valence-corrected chi connectivity index (χ3v) is 7.58. The predicted molar refractivity (Wildman–Crippen MR) is 117 cm³/mol. The second-order valence-electron chi connectivity index (χ2n) is 6.80. The van der Waals surface area contributed by atoms with Gasteiger partial charge in [0.25, 0.3) is 0 Å². The van der Waals surface area contributed by atoms with E-state index in [1.54, 1.807) is 7.11 Å². The monoisotopic (exact) mass is 405 g/mol. The normalized spacial score (nSPS) is 18.2. The molecule has 0 radical (unpaired) electrons. The molecule has 0 aliphatic carbocycles. The smallest absolute Gasteiger partial charge is 0.231 e. The quantitative estimate of drug-likeness (QED) is 0.567. The molecule has 3 aromatic rings. The minimum Gasteiger partial charge on any atom is -0.633 e. The van der Waals surface area contributed by atoms with Gasteiger partial charge >= 0.3 is 0 Å². The zero-order valence-electron chi connectivity index (χ0n) is 16.6. The molecule has 29 heavy (non-hydrogen) atoms. The van der Waals surface area contributed by atoms with Crippen molar-refractivity contribution in [2.75, 3.05) is 13.7 Å². The molecule has 0 bridgehead atoms. The lowest BCUT2D eigenvalue weighted by Gasteiger charge is -2.43. The third kappa shape index (κ3) is 3.79. The fourth-order valence-corrected chi connectivity index (χ4v) is 6.05. The number of methoxy groups -OCH3 is 1. The fraction of sp³-hybridized carbons (Fsp3) is 0.167. The van der Waals surface area contributed by atoms with Crippen LogP contribution in [0.2, 0.25) is 0 Å². The molecule has 0 saturated carbocycles. The van der Waals surface area contributed by atoms with Crippen LogP contribution >= 0.6 is 7.87 Å². The zero-order valence-corrected chi connectivity index (χ0v) is 17.5. The van der Waals surface area contributed by atoms with Crippen LogP contribution in [-0.2, 0) is 11.1 Å². The summed E-state index contributed by atoms with van der Waals surface area (Å²) in [7, 11) is -1.74. The van der Waals surface area contributed by atoms with Crippen molar-refractivity contribution in [3.05, 3.63) is 95.6 Å². The molecule has 148 valence electrons. The molecule has 1 atom stereocenters. The van der Waals surface area contributed by atoms with E-state index in [-0.39, 0.29) is 0 Å². The van der Waals surface area contributed by atoms with Crippen LogP contribution in [0.15, 0.2) is 78.9 Å². The first-order valence-corrected chi connectivity index (χ1v) is 11.3. The molecule has 0 spiro atoms. The lowest BCUT2D eigenvalue weighted by Crippen LogP contribution is -2.41. The SMILES string of the molecule is CCO[P+]1([O-])c2cc(OC)ccc2C=C(c2ccccc2)N1Cc1ccccc1. The first-order valence-electron chi connectivity index (χ1n) is 9.68. The Morgan fingerprint density at radius 3 is 2.28 bits per heavy atom. The number of hydrogen-bond donors (Lipinski definition) is 0. The Kier molecular flexibility index (Phi) is 5.68. The van der Waals surface area contributed by atoms with E-state index in [2.05, 4.69) is 6.08 Å². The van der Waals surface area contributed by atoms with E-state index in [1.165, 1.54) is 0 Å². The van der Waals surface area contributed by atoms with Gasteiger partial charge in [-0.1, -0.05) is 60.7 Å². The summed E-state index contributed by atoms with van der Waals surface area (Å²) in [5, 5.41) is 0.675. The van der Waals surface area contributed by atoms with Crippen molar-refractivity contribution in [2.45, 2.75) is 13.5 Å². The molecule has 0 N–H and O–H groups in total. The summed E-state index contributed by atoms with van der Waals surface area (Å²) in [6, 6.07) is 25.8. The minimum atomic E-state index is -3.36. The van der Waals surface area contributed by atoms with Crippen LogP contribution in [0.25, 0.3) is 11.8 Å². The predicted octanol–water partition coefficient (Wildman–Crippen LogP) is 4.49. The maximum Gasteiger partial charge on any atom is 0.231 e. The van der Waals surface area contributed by atoms with Crippen LogP contribution in [0.5, 0.6) is 5.75 Å². The van der Waals surface area contributed by atoms with Gasteiger partial charge in [-0.3, -0.25) is 0 Å². The van der Waals surface area contributed by atoms with Crippen LogP contribution in [0.1, 0.15) is 23.6 Å². The Morgan fingerprint density at radius 2 is 1.62 bits per heavy atom. The fourth-order valence-electron chi connectivity index (χ4n) is 3.60. The maximum atomic E-state index is 14.5. The van der Waals surface area contributed by atoms with Crippen molar-refractivity contribution in [1.29, 1.82) is 0 Å². The van der Waals surface area contributed by atoms with E-state index in [0.717, 1.165) is 22.4 Å². The molecule has 0 amide bonds. The first-order chi connectivity index (χ1) is 14.2. The minimum absolute atomic E-state index is 0.348. The molecule has 0 fully saturated rings. The van der Waals surface area contributed by atoms with Crippen LogP contribution in [0.4, 0.5) is 0 Å². The highest BCUT2D eigenvalue weighted by atomic mass is 31.2. The van der Waals surface area contributed by atoms with Gasteiger partial charge in [0.05, 0.1) is 26.0 Å². The Morgan fingerprint density at radius 1 is 0.931 bits per heavy atom. The third-order valence-electron chi connectivity index (χ3n) is 4.98. The van der Waals surface area contributed by atoms with E-state index in [9.17, 15) is 4.89 Å². The summed E-state index contributed by atoms with van der Waals surface area (Å²) >= 11 is 0. The number of hydrogen-bond acceptors (Lipinski definition) is 4. The van der Waals surface area contributed by atoms with Gasteiger partial charge in [0, 0.05) is 17.2 Å². The number of nitrogens with zero attached hydrogens (tertiary/aromatic N) is 1. The van der Waals surface area contributed by atoms with Gasteiger partial charge in [0.2, 0.25) is 7.87 Å². The van der Waals surface area contributed by atoms with E-state index in [1.807, 2.05) is 90.5 Å². The van der Waals surface area contributed by atoms with Crippen LogP contribution in [-0.4, -0.2) is 18.4 Å². The Bertz CT molecular complexity index is 1010. The van der Waals surface area contributed by atoms with Gasteiger partial charge in [-0.25, -0.2) is 9.19 Å². The summed E-state index contributed by atoms with van der Waals surface area (Å²) in [5.41, 5.74) is 3.86. The molecular formula is C24H24NO3P. The molecule has 0 aromatic heterocycles. The number of rotatable bonds is 6. The van der Waals surface area contributed by atoms with Crippen molar-refractivity contribution in [2.24, 2.45) is 0 Å². The van der Waals surface area contributed by atoms with Crippen molar-refractivity contribution in [3.8, 4) is 5.75 Å². The Balaban J connectivity index is 1.91. The van der Waals surface area contributed by atoms with Crippen molar-refractivity contribution < 1.29 is 14.2 Å². The highest BCUT2D eigenvalue weighted by Gasteiger charge is 2.45. The molecule has 3 aromatic carbocycles. The number of fused-ring (bicyclic) bond motifs is 1. The average molecular weight is 405 g/mol. The number of ether oxygens (including phenoxy) is 1. The molecule has 1 aliphatic heterocycles. The van der Waals surface area contributed by atoms with E-state index >= 15 is 0 Å². The average Bonchev–Trinajstić information content (AvgIpc) is 2.77. The van der Waals surface area contributed by atoms with E-state index < -0.39 is 7.87 Å². The van der Waals surface area contributed by atoms with Crippen LogP contribution in [0.3, 0.4) is 0 Å². The summed E-state index contributed by atoms with van der Waals surface area (Å²) in [6.45, 7) is 2.71. The molecule has 1 heterocycles. The van der Waals surface area contributed by atoms with Gasteiger partial charge in [-0.2, -0.15) is 0 Å². The van der Waals surface area contributed by atoms with Gasteiger partial charge in [-0.05, 0) is 30.7 Å². The van der Waals surface area contributed by atoms with Crippen molar-refractivity contribution in [1.82, 2.24) is 4.67 Å². The van der Waals surface area contributed by atoms with Gasteiger partial charge < -0.3 is 9.63 Å². The van der Waals surface area contributed by atoms with E-state index in [4.69, 9.17) is 9.26 Å². The Labute approximate surface area is 172 Å². The molecule has 0 saturated heterocycles. The van der Waals surface area contributed by atoms with Gasteiger partial charge in [-0.15, -0.1) is 0 Å². The highest BCUT2D eigenvalue weighted by molar-refractivity contribution is 7.70. The summed E-state index contributed by atoms with van der Waals surface area (Å²) in [6.07, 6.45) is 2.09.